The second-order valence-corrected chi connectivity index (χ2v) is 4.14. The lowest BCUT2D eigenvalue weighted by Gasteiger charge is -2.16. The first-order valence-corrected chi connectivity index (χ1v) is 6.58. The van der Waals surface area contributed by atoms with Crippen molar-refractivity contribution >= 4 is 11.9 Å². The van der Waals surface area contributed by atoms with Gasteiger partial charge in [0.1, 0.15) is 6.04 Å². The summed E-state index contributed by atoms with van der Waals surface area (Å²) in [6.07, 6.45) is 1.94. The minimum absolute atomic E-state index is 0.273. The first-order valence-electron chi connectivity index (χ1n) is 6.58. The molecular weight excluding hydrogens is 260 g/mol. The molecule has 0 bridgehead atoms. The lowest BCUT2D eigenvalue weighted by atomic mass is 10.1. The molecule has 0 fully saturated rings. The van der Waals surface area contributed by atoms with Crippen LogP contribution in [0.2, 0.25) is 0 Å². The molecule has 6 heteroatoms. The molecule has 1 aromatic rings. The zero-order valence-electron chi connectivity index (χ0n) is 12.0. The smallest absolute Gasteiger partial charge is 0.328 e. The Morgan fingerprint density at radius 2 is 2.10 bits per heavy atom. The molecule has 0 saturated heterocycles. The van der Waals surface area contributed by atoms with E-state index in [0.29, 0.717) is 18.9 Å². The van der Waals surface area contributed by atoms with Gasteiger partial charge in [0.25, 0.3) is 0 Å². The van der Waals surface area contributed by atoms with E-state index < -0.39 is 12.0 Å². The summed E-state index contributed by atoms with van der Waals surface area (Å²) in [5.74, 6) is -0.227. The summed E-state index contributed by atoms with van der Waals surface area (Å²) in [5.41, 5.74) is 0.843. The molecule has 1 rings (SSSR count). The number of rotatable bonds is 7. The molecular formula is C14H20N2O4. The standard InChI is InChI=1S/C14H20N2O4/c1-4-19-13-9-11(6-7-15-13)8-12(16-10(3)17)14(18)20-5-2/h6-7,9,12H,4-5,8H2,1-3H3,(H,16,17). The van der Waals surface area contributed by atoms with Gasteiger partial charge in [0.05, 0.1) is 13.2 Å². The number of carbonyl (C=O) groups is 2. The maximum Gasteiger partial charge on any atom is 0.328 e. The van der Waals surface area contributed by atoms with Gasteiger partial charge in [-0.15, -0.1) is 0 Å². The van der Waals surface area contributed by atoms with Gasteiger partial charge in [0.15, 0.2) is 0 Å². The fraction of sp³-hybridized carbons (Fsp3) is 0.500. The molecule has 110 valence electrons. The predicted octanol–water partition coefficient (Wildman–Crippen LogP) is 1.09. The van der Waals surface area contributed by atoms with Crippen molar-refractivity contribution in [1.82, 2.24) is 10.3 Å². The second kappa shape index (κ2) is 8.14. The minimum atomic E-state index is -0.704. The first-order chi connectivity index (χ1) is 9.56. The van der Waals surface area contributed by atoms with Crippen LogP contribution in [0.15, 0.2) is 18.3 Å². The number of amides is 1. The van der Waals surface area contributed by atoms with Gasteiger partial charge in [-0.1, -0.05) is 0 Å². The summed E-state index contributed by atoms with van der Waals surface area (Å²) in [6, 6.07) is 2.82. The summed E-state index contributed by atoms with van der Waals surface area (Å²) in [6.45, 7) is 5.75. The summed E-state index contributed by atoms with van der Waals surface area (Å²) in [5, 5.41) is 2.59. The van der Waals surface area contributed by atoms with Crippen molar-refractivity contribution in [3.8, 4) is 5.88 Å². The molecule has 1 aromatic heterocycles. The topological polar surface area (TPSA) is 77.5 Å². The fourth-order valence-corrected chi connectivity index (χ4v) is 1.72. The van der Waals surface area contributed by atoms with Gasteiger partial charge < -0.3 is 14.8 Å². The molecule has 6 nitrogen and oxygen atoms in total. The van der Waals surface area contributed by atoms with Crippen molar-refractivity contribution in [1.29, 1.82) is 0 Å². The third-order valence-corrected chi connectivity index (χ3v) is 2.48. The van der Waals surface area contributed by atoms with Crippen LogP contribution in [-0.4, -0.2) is 36.1 Å². The monoisotopic (exact) mass is 280 g/mol. The highest BCUT2D eigenvalue weighted by Crippen LogP contribution is 2.12. The van der Waals surface area contributed by atoms with Crippen molar-refractivity contribution < 1.29 is 19.1 Å². The van der Waals surface area contributed by atoms with Gasteiger partial charge in [0, 0.05) is 25.6 Å². The van der Waals surface area contributed by atoms with Crippen LogP contribution in [0.5, 0.6) is 5.88 Å². The lowest BCUT2D eigenvalue weighted by molar-refractivity contribution is -0.147. The van der Waals surface area contributed by atoms with Crippen LogP contribution in [0.4, 0.5) is 0 Å². The van der Waals surface area contributed by atoms with E-state index in [0.717, 1.165) is 5.56 Å². The Morgan fingerprint density at radius 1 is 1.35 bits per heavy atom. The Morgan fingerprint density at radius 3 is 2.70 bits per heavy atom. The normalized spacial score (nSPS) is 11.6. The number of hydrogen-bond acceptors (Lipinski definition) is 5. The quantitative estimate of drug-likeness (QED) is 0.756. The maximum absolute atomic E-state index is 11.8. The van der Waals surface area contributed by atoms with Crippen molar-refractivity contribution in [2.24, 2.45) is 0 Å². The van der Waals surface area contributed by atoms with Crippen LogP contribution in [0.3, 0.4) is 0 Å². The number of nitrogens with zero attached hydrogens (tertiary/aromatic N) is 1. The average Bonchev–Trinajstić information content (AvgIpc) is 2.38. The predicted molar refractivity (Wildman–Crippen MR) is 73.3 cm³/mol. The number of hydrogen-bond donors (Lipinski definition) is 1. The van der Waals surface area contributed by atoms with E-state index in [1.807, 2.05) is 6.92 Å². The van der Waals surface area contributed by atoms with Gasteiger partial charge in [-0.25, -0.2) is 9.78 Å². The van der Waals surface area contributed by atoms with Crippen LogP contribution in [0.1, 0.15) is 26.3 Å². The first kappa shape index (κ1) is 15.9. The highest BCUT2D eigenvalue weighted by Gasteiger charge is 2.21. The minimum Gasteiger partial charge on any atom is -0.478 e. The van der Waals surface area contributed by atoms with Crippen LogP contribution in [-0.2, 0) is 20.7 Å². The second-order valence-electron chi connectivity index (χ2n) is 4.14. The van der Waals surface area contributed by atoms with Gasteiger partial charge in [-0.2, -0.15) is 0 Å². The highest BCUT2D eigenvalue weighted by molar-refractivity contribution is 5.83. The van der Waals surface area contributed by atoms with Crippen LogP contribution >= 0.6 is 0 Å². The number of carbonyl (C=O) groups excluding carboxylic acids is 2. The molecule has 0 radical (unpaired) electrons. The molecule has 0 aliphatic carbocycles. The molecule has 1 amide bonds. The molecule has 20 heavy (non-hydrogen) atoms. The number of pyridine rings is 1. The van der Waals surface area contributed by atoms with Crippen molar-refractivity contribution in [3.63, 3.8) is 0 Å². The van der Waals surface area contributed by atoms with Gasteiger partial charge in [0.2, 0.25) is 11.8 Å². The number of nitrogens with one attached hydrogen (secondary N) is 1. The van der Waals surface area contributed by atoms with E-state index in [1.165, 1.54) is 6.92 Å². The summed E-state index contributed by atoms with van der Waals surface area (Å²) in [7, 11) is 0. The maximum atomic E-state index is 11.8. The molecule has 0 spiro atoms. The number of aromatic nitrogens is 1. The van der Waals surface area contributed by atoms with Crippen molar-refractivity contribution in [3.05, 3.63) is 23.9 Å². The van der Waals surface area contributed by atoms with Crippen molar-refractivity contribution in [2.45, 2.75) is 33.2 Å². The van der Waals surface area contributed by atoms with E-state index in [1.54, 1.807) is 25.3 Å². The highest BCUT2D eigenvalue weighted by atomic mass is 16.5. The largest absolute Gasteiger partial charge is 0.478 e. The molecule has 1 unspecified atom stereocenters. The molecule has 1 heterocycles. The van der Waals surface area contributed by atoms with Gasteiger partial charge in [-0.3, -0.25) is 4.79 Å². The fourth-order valence-electron chi connectivity index (χ4n) is 1.72. The Labute approximate surface area is 118 Å². The van der Waals surface area contributed by atoms with E-state index >= 15 is 0 Å². The Bertz CT molecular complexity index is 462. The Kier molecular flexibility index (Phi) is 6.49. The SMILES string of the molecule is CCOC(=O)C(Cc1ccnc(OCC)c1)NC(C)=O. The van der Waals surface area contributed by atoms with Crippen molar-refractivity contribution in [2.75, 3.05) is 13.2 Å². The molecule has 0 aliphatic rings. The van der Waals surface area contributed by atoms with E-state index in [4.69, 9.17) is 9.47 Å². The number of esters is 1. The Balaban J connectivity index is 2.80. The molecule has 0 aromatic carbocycles. The van der Waals surface area contributed by atoms with Gasteiger partial charge >= 0.3 is 5.97 Å². The van der Waals surface area contributed by atoms with Gasteiger partial charge in [-0.05, 0) is 25.5 Å². The summed E-state index contributed by atoms with van der Waals surface area (Å²) < 4.78 is 10.3. The zero-order valence-corrected chi connectivity index (χ0v) is 12.0. The Hall–Kier alpha value is -2.11. The lowest BCUT2D eigenvalue weighted by Crippen LogP contribution is -2.42. The van der Waals surface area contributed by atoms with E-state index in [2.05, 4.69) is 10.3 Å². The molecule has 1 atom stereocenters. The zero-order chi connectivity index (χ0) is 15.0. The van der Waals surface area contributed by atoms with Crippen LogP contribution < -0.4 is 10.1 Å². The third-order valence-electron chi connectivity index (χ3n) is 2.48. The molecule has 0 saturated carbocycles. The third kappa shape index (κ3) is 5.26. The molecule has 0 aliphatic heterocycles. The van der Waals surface area contributed by atoms with E-state index in [9.17, 15) is 9.59 Å². The summed E-state index contributed by atoms with van der Waals surface area (Å²) >= 11 is 0. The van der Waals surface area contributed by atoms with E-state index in [-0.39, 0.29) is 12.5 Å². The molecule has 1 N–H and O–H groups in total. The van der Waals surface area contributed by atoms with Crippen LogP contribution in [0, 0.1) is 0 Å². The number of ether oxygens (including phenoxy) is 2. The average molecular weight is 280 g/mol. The summed E-state index contributed by atoms with van der Waals surface area (Å²) in [4.78, 5) is 27.0. The van der Waals surface area contributed by atoms with Crippen LogP contribution in [0.25, 0.3) is 0 Å².